The Labute approximate surface area is 131 Å². The Bertz CT molecular complexity index is 775. The molecule has 2 N–H and O–H groups in total. The summed E-state index contributed by atoms with van der Waals surface area (Å²) in [5.41, 5.74) is 1.07. The highest BCUT2D eigenvalue weighted by atomic mass is 79.9. The van der Waals surface area contributed by atoms with Gasteiger partial charge in [-0.15, -0.1) is 0 Å². The molecule has 0 aromatic heterocycles. The molecular weight excluding hydrogens is 358 g/mol. The van der Waals surface area contributed by atoms with E-state index >= 15 is 0 Å². The zero-order valence-corrected chi connectivity index (χ0v) is 13.8. The number of phenolic OH excluding ortho intramolecular Hbond substituents is 1. The van der Waals surface area contributed by atoms with Crippen molar-refractivity contribution < 1.29 is 18.3 Å². The molecule has 0 radical (unpaired) electrons. The molecule has 2 aromatic carbocycles. The van der Waals surface area contributed by atoms with E-state index in [9.17, 15) is 13.5 Å². The number of methoxy groups -OCH3 is 1. The lowest BCUT2D eigenvalue weighted by Crippen LogP contribution is -2.13. The summed E-state index contributed by atoms with van der Waals surface area (Å²) in [6.45, 7) is 1.81. The Balaban J connectivity index is 2.32. The van der Waals surface area contributed by atoms with Crippen LogP contribution in [0.15, 0.2) is 45.8 Å². The van der Waals surface area contributed by atoms with Crippen molar-refractivity contribution in [3.8, 4) is 11.5 Å². The summed E-state index contributed by atoms with van der Waals surface area (Å²) in [7, 11) is -2.29. The van der Waals surface area contributed by atoms with Crippen LogP contribution in [0.5, 0.6) is 11.5 Å². The van der Waals surface area contributed by atoms with E-state index in [2.05, 4.69) is 20.7 Å². The molecule has 112 valence electrons. The second-order valence-electron chi connectivity index (χ2n) is 4.40. The number of halogens is 1. The van der Waals surface area contributed by atoms with E-state index in [4.69, 9.17) is 4.74 Å². The zero-order chi connectivity index (χ0) is 15.6. The molecule has 2 rings (SSSR count). The summed E-state index contributed by atoms with van der Waals surface area (Å²) in [5.74, 6) is 0.141. The third-order valence-electron chi connectivity index (χ3n) is 2.87. The summed E-state index contributed by atoms with van der Waals surface area (Å²) in [6, 6.07) is 9.04. The van der Waals surface area contributed by atoms with Crippen molar-refractivity contribution in [2.24, 2.45) is 0 Å². The normalized spacial score (nSPS) is 11.2. The fourth-order valence-corrected chi connectivity index (χ4v) is 3.13. The zero-order valence-electron chi connectivity index (χ0n) is 11.4. The molecule has 0 unspecified atom stereocenters. The Hall–Kier alpha value is -1.73. The average Bonchev–Trinajstić information content (AvgIpc) is 2.41. The number of hydrogen-bond donors (Lipinski definition) is 2. The summed E-state index contributed by atoms with van der Waals surface area (Å²) in [6.07, 6.45) is 0. The molecule has 0 atom stereocenters. The maximum atomic E-state index is 12.3. The summed E-state index contributed by atoms with van der Waals surface area (Å²) < 4.78 is 32.7. The molecule has 2 aromatic rings. The molecule has 0 saturated carbocycles. The molecular formula is C14H14BrNO4S. The molecule has 0 spiro atoms. The fourth-order valence-electron chi connectivity index (χ4n) is 1.75. The van der Waals surface area contributed by atoms with Crippen LogP contribution < -0.4 is 9.46 Å². The number of nitrogens with one attached hydrogen (secondary N) is 1. The Morgan fingerprint density at radius 1 is 1.19 bits per heavy atom. The highest BCUT2D eigenvalue weighted by Crippen LogP contribution is 2.30. The molecule has 0 heterocycles. The van der Waals surface area contributed by atoms with E-state index in [0.717, 1.165) is 10.0 Å². The number of sulfonamides is 1. The van der Waals surface area contributed by atoms with Crippen molar-refractivity contribution in [2.45, 2.75) is 11.8 Å². The number of rotatable bonds is 4. The van der Waals surface area contributed by atoms with Gasteiger partial charge in [0.1, 0.15) is 0 Å². The van der Waals surface area contributed by atoms with Gasteiger partial charge >= 0.3 is 0 Å². The highest BCUT2D eigenvalue weighted by Gasteiger charge is 2.16. The third kappa shape index (κ3) is 3.48. The van der Waals surface area contributed by atoms with E-state index in [1.54, 1.807) is 12.1 Å². The Morgan fingerprint density at radius 2 is 1.90 bits per heavy atom. The predicted molar refractivity (Wildman–Crippen MR) is 84.3 cm³/mol. The second kappa shape index (κ2) is 5.95. The molecule has 0 bridgehead atoms. The predicted octanol–water partition coefficient (Wildman–Crippen LogP) is 3.27. The first kappa shape index (κ1) is 15.7. The molecule has 0 aliphatic carbocycles. The van der Waals surface area contributed by atoms with Gasteiger partial charge < -0.3 is 9.84 Å². The summed E-state index contributed by atoms with van der Waals surface area (Å²) in [5, 5.41) is 9.67. The lowest BCUT2D eigenvalue weighted by molar-refractivity contribution is 0.373. The number of anilines is 1. The first-order chi connectivity index (χ1) is 9.83. The van der Waals surface area contributed by atoms with E-state index in [1.165, 1.54) is 31.4 Å². The first-order valence-corrected chi connectivity index (χ1v) is 8.27. The minimum absolute atomic E-state index is 0.135. The van der Waals surface area contributed by atoms with Crippen molar-refractivity contribution in [1.29, 1.82) is 0 Å². The van der Waals surface area contributed by atoms with Crippen LogP contribution >= 0.6 is 15.9 Å². The number of aryl methyl sites for hydroxylation is 1. The van der Waals surface area contributed by atoms with Gasteiger partial charge in [0, 0.05) is 10.5 Å². The van der Waals surface area contributed by atoms with E-state index in [0.29, 0.717) is 0 Å². The largest absolute Gasteiger partial charge is 0.504 e. The molecule has 0 aliphatic rings. The minimum Gasteiger partial charge on any atom is -0.504 e. The van der Waals surface area contributed by atoms with Crippen LogP contribution in [0.3, 0.4) is 0 Å². The highest BCUT2D eigenvalue weighted by molar-refractivity contribution is 9.10. The quantitative estimate of drug-likeness (QED) is 0.864. The summed E-state index contributed by atoms with van der Waals surface area (Å²) >= 11 is 3.33. The third-order valence-corrected chi connectivity index (χ3v) is 5.14. The number of hydrogen-bond acceptors (Lipinski definition) is 4. The second-order valence-corrected chi connectivity index (χ2v) is 6.94. The average molecular weight is 372 g/mol. The number of ether oxygens (including phenoxy) is 1. The van der Waals surface area contributed by atoms with Crippen molar-refractivity contribution in [3.63, 3.8) is 0 Å². The Kier molecular flexibility index (Phi) is 4.43. The van der Waals surface area contributed by atoms with Crippen LogP contribution in [0.2, 0.25) is 0 Å². The molecule has 5 nitrogen and oxygen atoms in total. The molecule has 0 saturated heterocycles. The van der Waals surface area contributed by atoms with Crippen molar-refractivity contribution in [2.75, 3.05) is 11.8 Å². The van der Waals surface area contributed by atoms with Crippen molar-refractivity contribution >= 4 is 31.6 Å². The van der Waals surface area contributed by atoms with Gasteiger partial charge in [-0.05, 0) is 42.8 Å². The van der Waals surface area contributed by atoms with Gasteiger partial charge in [-0.3, -0.25) is 4.72 Å². The topological polar surface area (TPSA) is 75.6 Å². The molecule has 0 fully saturated rings. The lowest BCUT2D eigenvalue weighted by atomic mass is 10.2. The Morgan fingerprint density at radius 3 is 2.48 bits per heavy atom. The van der Waals surface area contributed by atoms with Crippen LogP contribution in [-0.4, -0.2) is 20.6 Å². The van der Waals surface area contributed by atoms with Gasteiger partial charge in [0.15, 0.2) is 11.5 Å². The van der Waals surface area contributed by atoms with Crippen LogP contribution in [0.1, 0.15) is 5.56 Å². The number of aromatic hydroxyl groups is 1. The van der Waals surface area contributed by atoms with E-state index < -0.39 is 10.0 Å². The monoisotopic (exact) mass is 371 g/mol. The van der Waals surface area contributed by atoms with Gasteiger partial charge in [-0.1, -0.05) is 15.9 Å². The van der Waals surface area contributed by atoms with Gasteiger partial charge in [0.2, 0.25) is 0 Å². The molecule has 0 aliphatic heterocycles. The smallest absolute Gasteiger partial charge is 0.261 e. The first-order valence-electron chi connectivity index (χ1n) is 5.99. The molecule has 0 amide bonds. The summed E-state index contributed by atoms with van der Waals surface area (Å²) in [4.78, 5) is 0.151. The van der Waals surface area contributed by atoms with Crippen molar-refractivity contribution in [3.05, 3.63) is 46.4 Å². The maximum Gasteiger partial charge on any atom is 0.261 e. The minimum atomic E-state index is -3.71. The van der Waals surface area contributed by atoms with Gasteiger partial charge in [-0.2, -0.15) is 0 Å². The van der Waals surface area contributed by atoms with Gasteiger partial charge in [-0.25, -0.2) is 8.42 Å². The SMILES string of the molecule is COc1ccc(NS(=O)(=O)c2ccc(Br)c(C)c2)cc1O. The van der Waals surface area contributed by atoms with Crippen LogP contribution in [-0.2, 0) is 10.0 Å². The number of benzene rings is 2. The van der Waals surface area contributed by atoms with Gasteiger partial charge in [0.25, 0.3) is 10.0 Å². The van der Waals surface area contributed by atoms with Crippen LogP contribution in [0.4, 0.5) is 5.69 Å². The fraction of sp³-hybridized carbons (Fsp3) is 0.143. The molecule has 7 heteroatoms. The molecule has 21 heavy (non-hydrogen) atoms. The van der Waals surface area contributed by atoms with Crippen LogP contribution in [0, 0.1) is 6.92 Å². The van der Waals surface area contributed by atoms with Crippen LogP contribution in [0.25, 0.3) is 0 Å². The number of phenols is 1. The van der Waals surface area contributed by atoms with Crippen molar-refractivity contribution in [1.82, 2.24) is 0 Å². The standard InChI is InChI=1S/C14H14BrNO4S/c1-9-7-11(4-5-12(9)15)21(18,19)16-10-3-6-14(20-2)13(17)8-10/h3-8,16-17H,1-2H3. The lowest BCUT2D eigenvalue weighted by Gasteiger charge is -2.11. The van der Waals surface area contributed by atoms with Gasteiger partial charge in [0.05, 0.1) is 17.7 Å². The maximum absolute atomic E-state index is 12.3. The van der Waals surface area contributed by atoms with E-state index in [1.807, 2.05) is 6.92 Å². The van der Waals surface area contributed by atoms with E-state index in [-0.39, 0.29) is 22.1 Å².